The van der Waals surface area contributed by atoms with E-state index in [1.165, 1.54) is 62.7 Å². The van der Waals surface area contributed by atoms with Crippen LogP contribution in [0.2, 0.25) is 0 Å². The molecule has 22 nitrogen and oxygen atoms in total. The van der Waals surface area contributed by atoms with Crippen molar-refractivity contribution in [2.45, 2.75) is 467 Å². The lowest BCUT2D eigenvalue weighted by atomic mass is 9.49. The summed E-state index contributed by atoms with van der Waals surface area (Å²) in [7, 11) is 0. The van der Waals surface area contributed by atoms with Crippen LogP contribution in [0.5, 0.6) is 0 Å². The van der Waals surface area contributed by atoms with E-state index in [1.54, 1.807) is 41.5 Å². The second-order valence-electron chi connectivity index (χ2n) is 39.2. The van der Waals surface area contributed by atoms with E-state index in [4.69, 9.17) is 42.6 Å². The second kappa shape index (κ2) is 49.6. The summed E-state index contributed by atoms with van der Waals surface area (Å²) in [5.74, 6) is 1.83. The Morgan fingerprint density at radius 2 is 0.877 bits per heavy atom. The Hall–Kier alpha value is -5.67. The van der Waals surface area contributed by atoms with Crippen molar-refractivity contribution in [3.8, 4) is 0 Å². The molecular weight excluding hydrogens is 1550 g/mol. The molecule has 0 aromatic heterocycles. The lowest BCUT2D eigenvalue weighted by Gasteiger charge is -2.60. The molecule has 122 heavy (non-hydrogen) atoms. The summed E-state index contributed by atoms with van der Waals surface area (Å²) >= 11 is 0. The van der Waals surface area contributed by atoms with E-state index < -0.39 is 51.3 Å². The van der Waals surface area contributed by atoms with E-state index >= 15 is 0 Å². The fourth-order valence-corrected chi connectivity index (χ4v) is 19.6. The van der Waals surface area contributed by atoms with Crippen LogP contribution in [0.1, 0.15) is 420 Å². The molecule has 2 amide bonds. The number of nitrogens with zero attached hydrogens (tertiary/aromatic N) is 1. The van der Waals surface area contributed by atoms with Crippen LogP contribution in [0.15, 0.2) is 0 Å². The number of rotatable bonds is 23. The number of fused-ring (bicyclic) bond motifs is 2. The number of carbonyl (C=O) groups is 11. The highest BCUT2D eigenvalue weighted by atomic mass is 16.6. The predicted octanol–water partition coefficient (Wildman–Crippen LogP) is 23.6. The molecule has 12 aliphatic carbocycles. The number of β-lactam (4-membered cyclic amide) rings is 1. The van der Waals surface area contributed by atoms with Crippen LogP contribution in [-0.2, 0) is 95.4 Å². The molecule has 15 rings (SSSR count). The number of hydrogen-bond acceptors (Lipinski definition) is 21. The van der Waals surface area contributed by atoms with Gasteiger partial charge in [-0.3, -0.25) is 48.1 Å². The molecule has 10 unspecified atom stereocenters. The first kappa shape index (κ1) is 125. The molecule has 10 atom stereocenters. The van der Waals surface area contributed by atoms with Crippen molar-refractivity contribution in [2.75, 3.05) is 19.8 Å². The molecule has 1 N–H and O–H groups in total. The van der Waals surface area contributed by atoms with Crippen LogP contribution in [0.25, 0.3) is 0 Å². The van der Waals surface area contributed by atoms with Crippen molar-refractivity contribution < 1.29 is 100 Å². The average Bonchev–Trinajstić information content (AvgIpc) is 1.20. The summed E-state index contributed by atoms with van der Waals surface area (Å²) in [6, 6.07) is 0.0536. The van der Waals surface area contributed by atoms with Gasteiger partial charge in [-0.1, -0.05) is 157 Å². The number of cyclic esters (lactones) is 1. The Bertz CT molecular complexity index is 3260. The molecule has 3 heterocycles. The van der Waals surface area contributed by atoms with Crippen LogP contribution in [0.3, 0.4) is 0 Å². The summed E-state index contributed by atoms with van der Waals surface area (Å²) in [4.78, 5) is 132. The Morgan fingerprint density at radius 3 is 1.31 bits per heavy atom. The maximum Gasteiger partial charge on any atom is 0.347 e. The average molecular weight is 1740 g/mol. The maximum absolute atomic E-state index is 12.6. The van der Waals surface area contributed by atoms with Crippen molar-refractivity contribution in [1.29, 1.82) is 0 Å². The molecule has 15 aliphatic rings. The van der Waals surface area contributed by atoms with Gasteiger partial charge < -0.3 is 47.7 Å². The molecule has 22 heteroatoms. The van der Waals surface area contributed by atoms with Gasteiger partial charge in [-0.05, 0) is 286 Å². The monoisotopic (exact) mass is 1740 g/mol. The minimum atomic E-state index is -0.687. The molecule has 12 saturated carbocycles. The number of esters is 9. The quantitative estimate of drug-likeness (QED) is 0.0565. The minimum Gasteiger partial charge on any atom is -0.463 e. The number of hydrogen-bond donors (Lipinski definition) is 1. The van der Waals surface area contributed by atoms with E-state index in [-0.39, 0.29) is 220 Å². The largest absolute Gasteiger partial charge is 0.463 e. The Labute approximate surface area is 745 Å². The van der Waals surface area contributed by atoms with Crippen molar-refractivity contribution in [3.05, 3.63) is 0 Å². The van der Waals surface area contributed by atoms with E-state index in [1.807, 2.05) is 76.2 Å². The van der Waals surface area contributed by atoms with Crippen molar-refractivity contribution >= 4 is 65.5 Å². The van der Waals surface area contributed by atoms with Gasteiger partial charge in [-0.2, -0.15) is 0 Å². The molecule has 3 saturated heterocycles. The lowest BCUT2D eigenvalue weighted by Crippen LogP contribution is -2.61. The zero-order valence-corrected chi connectivity index (χ0v) is 71.0. The highest BCUT2D eigenvalue weighted by molar-refractivity contribution is 6.03. The van der Waals surface area contributed by atoms with Crippen LogP contribution in [0, 0.1) is 91.7 Å². The van der Waals surface area contributed by atoms with E-state index in [0.717, 1.165) is 115 Å². The first-order valence-electron chi connectivity index (χ1n) is 42.7. The van der Waals surface area contributed by atoms with Gasteiger partial charge in [-0.15, -0.1) is 0 Å². The third-order valence-corrected chi connectivity index (χ3v) is 29.1. The molecular formula is C100H189NO21. The number of amides is 2. The van der Waals surface area contributed by atoms with Crippen LogP contribution < -0.4 is 0 Å². The van der Waals surface area contributed by atoms with Gasteiger partial charge in [0.1, 0.15) is 29.0 Å². The first-order chi connectivity index (χ1) is 51.3. The Morgan fingerprint density at radius 1 is 0.443 bits per heavy atom. The van der Waals surface area contributed by atoms with Crippen LogP contribution in [0.4, 0.5) is 0 Å². The zero-order valence-electron chi connectivity index (χ0n) is 71.0. The van der Waals surface area contributed by atoms with Gasteiger partial charge in [0, 0.05) is 24.7 Å². The number of carbonyl (C=O) groups excluding carboxylic acids is 11. The number of imide groups is 1. The number of likely N-dealkylation sites (tertiary alicyclic amines) is 1. The Kier molecular flexibility index (Phi) is 50.8. The normalized spacial score (nSPS) is 29.5. The van der Waals surface area contributed by atoms with E-state index in [0.29, 0.717) is 62.4 Å². The number of ether oxygens (including phenoxy) is 9. The summed E-state index contributed by atoms with van der Waals surface area (Å²) in [5.41, 5.74) is -4.00. The van der Waals surface area contributed by atoms with Crippen molar-refractivity contribution in [2.24, 2.45) is 91.7 Å². The molecule has 0 aromatic rings. The van der Waals surface area contributed by atoms with Gasteiger partial charge in [0.2, 0.25) is 12.0 Å². The molecule has 10 bridgehead atoms. The standard InChI is InChI=1S/C18H30O2.C16H22O6.C16H26O3.C14H21NO4.C14H26O2.C10H16O4.12CH4/c1-5-17(3,4)16(19)20-18(6-2)14-8-12-7-13(10-14)11-15(18)9-12;1-4-16(2,3)15(19)20-7-11(17)21-12-8-5-9-10(6-8)14(18)22-13(9)12;1-4-14(2,3)13(17)19-16-8-11-5-12(9-16)7-15(18,6-11)10-16;1-4-14(2,3)13(18)19-8-11(16)15-10-7-5-6-9(10)12(15)17;1-5-13(3,4)12(15)16-14(6-2)10-8-7-9-11-14;1-4-10(2,3)9(12)14-7-5-6-13-8(7)11;;;;;;;;;;;;/h12-15H,5-11H2,1-4H3;8-10,12-13H,4-7H2,1-3H3;11-12,18H,4-10H2,1-3H3;9-10H,4-8H2,1-3H3;5-11H2,1-4H3;7H,4-6H2,1-3H3;12*1H4. The molecule has 15 fully saturated rings. The third kappa shape index (κ3) is 28.4. The van der Waals surface area contributed by atoms with Crippen molar-refractivity contribution in [3.63, 3.8) is 0 Å². The SMILES string of the molecule is C.C.C.C.C.C.C.C.C.C.C.C.CCC(C)(C)C(=O)OC1(CC)C2CC3CC(C2)CC1C3.CCC(C)(C)C(=O)OC12CC3CC(CC(O)(C3)C1)C2.CCC(C)(C)C(=O)OC1CCOC1=O.CCC(C)(C)C(=O)OCC(=O)N1C(=O)C2CCCC21.CCC(C)(C)C(=O)OCC(=O)OC1C2CC3C(=O)OC1C3C2.CCC1(OC(=O)C(C)(C)CC)CCCCC1. The van der Waals surface area contributed by atoms with Crippen LogP contribution in [-0.4, -0.2) is 142 Å². The predicted molar refractivity (Wildman–Crippen MR) is 492 cm³/mol. The van der Waals surface area contributed by atoms with E-state index in [9.17, 15) is 57.8 Å². The summed E-state index contributed by atoms with van der Waals surface area (Å²) in [6.45, 7) is 38.4. The third-order valence-electron chi connectivity index (χ3n) is 29.1. The highest BCUT2D eigenvalue weighted by Crippen LogP contribution is 2.62. The molecule has 0 radical (unpaired) electrons. The Balaban J connectivity index is -0.000000442. The molecule has 3 aliphatic heterocycles. The topological polar surface area (TPSA) is 294 Å². The minimum absolute atomic E-state index is 0. The van der Waals surface area contributed by atoms with Crippen molar-refractivity contribution in [1.82, 2.24) is 4.90 Å². The molecule has 0 aromatic carbocycles. The van der Waals surface area contributed by atoms with Gasteiger partial charge in [0.15, 0.2) is 13.2 Å². The highest BCUT2D eigenvalue weighted by Gasteiger charge is 2.65. The summed E-state index contributed by atoms with van der Waals surface area (Å²) in [6.07, 6.45) is 28.0. The fraction of sp³-hybridized carbons (Fsp3) is 0.890. The fourth-order valence-electron chi connectivity index (χ4n) is 19.6. The zero-order chi connectivity index (χ0) is 81.7. The molecule has 720 valence electrons. The lowest BCUT2D eigenvalue weighted by molar-refractivity contribution is -0.225. The summed E-state index contributed by atoms with van der Waals surface area (Å²) in [5, 5.41) is 10.6. The van der Waals surface area contributed by atoms with Gasteiger partial charge in [0.25, 0.3) is 5.91 Å². The first-order valence-corrected chi connectivity index (χ1v) is 42.7. The molecule has 0 spiro atoms. The second-order valence-corrected chi connectivity index (χ2v) is 39.2. The number of aliphatic hydroxyl groups is 1. The van der Waals surface area contributed by atoms with E-state index in [2.05, 4.69) is 20.8 Å². The summed E-state index contributed by atoms with van der Waals surface area (Å²) < 4.78 is 48.7. The van der Waals surface area contributed by atoms with Gasteiger partial charge in [0.05, 0.1) is 62.6 Å². The smallest absolute Gasteiger partial charge is 0.347 e. The van der Waals surface area contributed by atoms with Crippen LogP contribution >= 0.6 is 0 Å². The van der Waals surface area contributed by atoms with Gasteiger partial charge >= 0.3 is 53.7 Å². The maximum atomic E-state index is 12.6. The van der Waals surface area contributed by atoms with Gasteiger partial charge in [-0.25, -0.2) is 9.59 Å².